The second-order valence-electron chi connectivity index (χ2n) is 1.97. The fraction of sp³-hybridized carbons (Fsp3) is 0.167. The van der Waals surface area contributed by atoms with Crippen LogP contribution in [0.5, 0.6) is 0 Å². The quantitative estimate of drug-likeness (QED) is 0.571. The van der Waals surface area contributed by atoms with E-state index in [2.05, 4.69) is 20.9 Å². The Labute approximate surface area is 89.8 Å². The molecule has 1 heterocycles. The first kappa shape index (κ1) is 11.1. The molecule has 0 unspecified atom stereocenters. The molecule has 7 heteroatoms. The van der Waals surface area contributed by atoms with Crippen LogP contribution in [0, 0.1) is 0 Å². The van der Waals surface area contributed by atoms with E-state index < -0.39 is 5.51 Å². The van der Waals surface area contributed by atoms with E-state index in [1.807, 2.05) is 0 Å². The number of alkyl halides is 3. The predicted octanol–water partition coefficient (Wildman–Crippen LogP) is 4.11. The van der Waals surface area contributed by atoms with Crippen LogP contribution in [0.15, 0.2) is 21.6 Å². The maximum absolute atomic E-state index is 11.9. The maximum Gasteiger partial charge on any atom is 0.446 e. The highest BCUT2D eigenvalue weighted by atomic mass is 79.9. The summed E-state index contributed by atoms with van der Waals surface area (Å²) in [5.74, 6) is 0. The van der Waals surface area contributed by atoms with Gasteiger partial charge in [0.25, 0.3) is 0 Å². The number of aromatic nitrogens is 1. The lowest BCUT2D eigenvalue weighted by molar-refractivity contribution is -0.0328. The summed E-state index contributed by atoms with van der Waals surface area (Å²) in [5, 5.41) is -0.156. The molecular formula is C6H2BrClF3NS. The van der Waals surface area contributed by atoms with E-state index in [0.717, 1.165) is 0 Å². The standard InChI is InChI=1S/C6H2BrClF3NS/c7-4-2-1-3(5(8)12-4)13-6(9,10)11/h1-2H. The van der Waals surface area contributed by atoms with Gasteiger partial charge in [0.15, 0.2) is 0 Å². The van der Waals surface area contributed by atoms with Crippen molar-refractivity contribution in [3.8, 4) is 0 Å². The van der Waals surface area contributed by atoms with E-state index in [4.69, 9.17) is 11.6 Å². The first-order chi connectivity index (χ1) is 5.88. The van der Waals surface area contributed by atoms with Gasteiger partial charge in [-0.1, -0.05) is 11.6 Å². The van der Waals surface area contributed by atoms with Crippen molar-refractivity contribution < 1.29 is 13.2 Å². The monoisotopic (exact) mass is 291 g/mol. The molecule has 0 aliphatic heterocycles. The van der Waals surface area contributed by atoms with Gasteiger partial charge in [-0.25, -0.2) is 4.98 Å². The molecular weight excluding hydrogens is 290 g/mol. The Hall–Kier alpha value is 0.0600. The van der Waals surface area contributed by atoms with E-state index in [1.54, 1.807) is 0 Å². The lowest BCUT2D eigenvalue weighted by Crippen LogP contribution is -1.99. The third-order valence-corrected chi connectivity index (χ3v) is 2.63. The fourth-order valence-corrected chi connectivity index (χ4v) is 1.80. The van der Waals surface area contributed by atoms with Crippen LogP contribution < -0.4 is 0 Å². The van der Waals surface area contributed by atoms with Crippen molar-refractivity contribution in [2.24, 2.45) is 0 Å². The third kappa shape index (κ3) is 3.74. The van der Waals surface area contributed by atoms with Gasteiger partial charge < -0.3 is 0 Å². The highest BCUT2D eigenvalue weighted by Gasteiger charge is 2.30. The lowest BCUT2D eigenvalue weighted by atomic mass is 10.5. The first-order valence-corrected chi connectivity index (χ1v) is 4.95. The maximum atomic E-state index is 11.9. The van der Waals surface area contributed by atoms with Gasteiger partial charge in [-0.3, -0.25) is 0 Å². The molecule has 1 aromatic rings. The van der Waals surface area contributed by atoms with Gasteiger partial charge >= 0.3 is 5.51 Å². The molecule has 0 saturated carbocycles. The lowest BCUT2D eigenvalue weighted by Gasteiger charge is -2.06. The summed E-state index contributed by atoms with van der Waals surface area (Å²) >= 11 is 8.18. The number of thioether (sulfide) groups is 1. The summed E-state index contributed by atoms with van der Waals surface area (Å²) in [7, 11) is 0. The van der Waals surface area contributed by atoms with Gasteiger partial charge in [0.05, 0.1) is 4.90 Å². The molecule has 1 nitrogen and oxygen atoms in total. The molecule has 0 aliphatic carbocycles. The zero-order valence-corrected chi connectivity index (χ0v) is 9.06. The molecule has 0 spiro atoms. The van der Waals surface area contributed by atoms with E-state index >= 15 is 0 Å². The van der Waals surface area contributed by atoms with Crippen LogP contribution in [0.3, 0.4) is 0 Å². The van der Waals surface area contributed by atoms with Gasteiger partial charge in [-0.2, -0.15) is 13.2 Å². The van der Waals surface area contributed by atoms with Gasteiger partial charge in [-0.05, 0) is 39.8 Å². The van der Waals surface area contributed by atoms with Gasteiger partial charge in [0.2, 0.25) is 0 Å². The minimum atomic E-state index is -4.33. The van der Waals surface area contributed by atoms with Crippen molar-refractivity contribution in [2.75, 3.05) is 0 Å². The van der Waals surface area contributed by atoms with Crippen LogP contribution >= 0.6 is 39.3 Å². The van der Waals surface area contributed by atoms with Crippen LogP contribution in [0.2, 0.25) is 5.15 Å². The number of hydrogen-bond acceptors (Lipinski definition) is 2. The molecule has 0 aliphatic rings. The first-order valence-electron chi connectivity index (χ1n) is 2.96. The van der Waals surface area contributed by atoms with E-state index in [0.29, 0.717) is 4.60 Å². The molecule has 0 aromatic carbocycles. The van der Waals surface area contributed by atoms with E-state index in [-0.39, 0.29) is 21.8 Å². The summed E-state index contributed by atoms with van der Waals surface area (Å²) in [5.41, 5.74) is -4.33. The van der Waals surface area contributed by atoms with Crippen LogP contribution in [0.1, 0.15) is 0 Å². The van der Waals surface area contributed by atoms with E-state index in [9.17, 15) is 13.2 Å². The Morgan fingerprint density at radius 2 is 2.00 bits per heavy atom. The zero-order chi connectivity index (χ0) is 10.1. The van der Waals surface area contributed by atoms with Crippen LogP contribution in [-0.4, -0.2) is 10.5 Å². The molecule has 0 bridgehead atoms. The van der Waals surface area contributed by atoms with Crippen LogP contribution in [0.25, 0.3) is 0 Å². The zero-order valence-electron chi connectivity index (χ0n) is 5.90. The Morgan fingerprint density at radius 3 is 2.46 bits per heavy atom. The second kappa shape index (κ2) is 4.06. The van der Waals surface area contributed by atoms with E-state index in [1.165, 1.54) is 12.1 Å². The SMILES string of the molecule is FC(F)(F)Sc1ccc(Br)nc1Cl. The molecule has 72 valence electrons. The van der Waals surface area contributed by atoms with Crippen molar-refractivity contribution in [1.29, 1.82) is 0 Å². The molecule has 1 rings (SSSR count). The van der Waals surface area contributed by atoms with Crippen molar-refractivity contribution in [3.63, 3.8) is 0 Å². The molecule has 1 aromatic heterocycles. The number of nitrogens with zero attached hydrogens (tertiary/aromatic N) is 1. The molecule has 0 saturated heterocycles. The number of rotatable bonds is 1. The number of halogens is 5. The topological polar surface area (TPSA) is 12.9 Å². The average Bonchev–Trinajstić information content (AvgIpc) is 1.93. The third-order valence-electron chi connectivity index (χ3n) is 1.01. The Morgan fingerprint density at radius 1 is 1.38 bits per heavy atom. The Bertz CT molecular complexity index is 317. The largest absolute Gasteiger partial charge is 0.446 e. The predicted molar refractivity (Wildman–Crippen MR) is 48.9 cm³/mol. The summed E-state index contributed by atoms with van der Waals surface area (Å²) in [6.45, 7) is 0. The van der Waals surface area contributed by atoms with Gasteiger partial charge in [-0.15, -0.1) is 0 Å². The summed E-state index contributed by atoms with van der Waals surface area (Å²) < 4.78 is 36.1. The highest BCUT2D eigenvalue weighted by Crippen LogP contribution is 2.39. The summed E-state index contributed by atoms with van der Waals surface area (Å²) in [4.78, 5) is 3.52. The molecule has 0 radical (unpaired) electrons. The Kier molecular flexibility index (Phi) is 3.48. The molecule has 0 amide bonds. The minimum Gasteiger partial charge on any atom is -0.228 e. The van der Waals surface area contributed by atoms with Crippen molar-refractivity contribution in [1.82, 2.24) is 4.98 Å². The smallest absolute Gasteiger partial charge is 0.228 e. The molecule has 0 atom stereocenters. The summed E-state index contributed by atoms with van der Waals surface area (Å²) in [6, 6.07) is 2.66. The molecule has 0 N–H and O–H groups in total. The average molecular weight is 293 g/mol. The number of pyridine rings is 1. The highest BCUT2D eigenvalue weighted by molar-refractivity contribution is 9.10. The van der Waals surface area contributed by atoms with Crippen LogP contribution in [-0.2, 0) is 0 Å². The van der Waals surface area contributed by atoms with Crippen molar-refractivity contribution in [2.45, 2.75) is 10.4 Å². The second-order valence-corrected chi connectivity index (χ2v) is 4.25. The molecule has 0 fully saturated rings. The van der Waals surface area contributed by atoms with Crippen LogP contribution in [0.4, 0.5) is 13.2 Å². The van der Waals surface area contributed by atoms with Gasteiger partial charge in [0, 0.05) is 0 Å². The summed E-state index contributed by atoms with van der Waals surface area (Å²) in [6.07, 6.45) is 0. The minimum absolute atomic E-state index is 0.0997. The Balaban J connectivity index is 2.90. The fourth-order valence-electron chi connectivity index (χ4n) is 0.600. The normalized spacial score (nSPS) is 11.8. The van der Waals surface area contributed by atoms with Crippen molar-refractivity contribution >= 4 is 39.3 Å². The van der Waals surface area contributed by atoms with Crippen molar-refractivity contribution in [3.05, 3.63) is 21.9 Å². The number of hydrogen-bond donors (Lipinski definition) is 0. The molecule has 13 heavy (non-hydrogen) atoms. The van der Waals surface area contributed by atoms with Gasteiger partial charge in [0.1, 0.15) is 9.76 Å².